The fourth-order valence-corrected chi connectivity index (χ4v) is 2.95. The number of rotatable bonds is 4. The van der Waals surface area contributed by atoms with Crippen LogP contribution in [0.2, 0.25) is 0 Å². The first kappa shape index (κ1) is 15.3. The molecular formula is C20H16FN3O. The topological polar surface area (TPSA) is 57.8 Å². The van der Waals surface area contributed by atoms with Crippen molar-refractivity contribution in [1.29, 1.82) is 0 Å². The normalized spacial score (nSPS) is 11.1. The number of pyridine rings is 1. The molecule has 0 atom stereocenters. The van der Waals surface area contributed by atoms with E-state index < -0.39 is 5.82 Å². The third-order valence-electron chi connectivity index (χ3n) is 4.20. The van der Waals surface area contributed by atoms with E-state index in [2.05, 4.69) is 21.4 Å². The van der Waals surface area contributed by atoms with Crippen LogP contribution in [0.1, 0.15) is 12.1 Å². The molecule has 2 heterocycles. The van der Waals surface area contributed by atoms with Crippen molar-refractivity contribution in [1.82, 2.24) is 9.97 Å². The second-order valence-corrected chi connectivity index (χ2v) is 5.92. The highest BCUT2D eigenvalue weighted by Crippen LogP contribution is 2.25. The van der Waals surface area contributed by atoms with Crippen LogP contribution in [0.3, 0.4) is 0 Å². The number of hydrogen-bond acceptors (Lipinski definition) is 2. The number of aromatic amines is 1. The van der Waals surface area contributed by atoms with Crippen LogP contribution in [0.4, 0.5) is 10.1 Å². The lowest BCUT2D eigenvalue weighted by molar-refractivity contribution is -0.116. The quantitative estimate of drug-likeness (QED) is 0.580. The molecule has 25 heavy (non-hydrogen) atoms. The Morgan fingerprint density at radius 1 is 1.04 bits per heavy atom. The molecule has 4 nitrogen and oxygen atoms in total. The Hall–Kier alpha value is -3.21. The van der Waals surface area contributed by atoms with Gasteiger partial charge in [0.05, 0.1) is 17.4 Å². The van der Waals surface area contributed by atoms with E-state index in [1.165, 1.54) is 6.07 Å². The Bertz CT molecular complexity index is 1070. The van der Waals surface area contributed by atoms with Crippen molar-refractivity contribution < 1.29 is 9.18 Å². The van der Waals surface area contributed by atoms with Gasteiger partial charge in [0, 0.05) is 28.4 Å². The van der Waals surface area contributed by atoms with Crippen LogP contribution in [0.25, 0.3) is 21.8 Å². The summed E-state index contributed by atoms with van der Waals surface area (Å²) in [4.78, 5) is 19.8. The predicted octanol–water partition coefficient (Wildman–Crippen LogP) is 4.43. The third-order valence-corrected chi connectivity index (χ3v) is 4.20. The number of hydrogen-bond donors (Lipinski definition) is 2. The molecule has 124 valence electrons. The minimum atomic E-state index is -0.436. The van der Waals surface area contributed by atoms with Crippen LogP contribution in [0.15, 0.2) is 60.8 Å². The van der Waals surface area contributed by atoms with Gasteiger partial charge >= 0.3 is 0 Å². The average Bonchev–Trinajstić information content (AvgIpc) is 3.00. The summed E-state index contributed by atoms with van der Waals surface area (Å²) in [5.74, 6) is -0.667. The van der Waals surface area contributed by atoms with Gasteiger partial charge in [-0.1, -0.05) is 30.3 Å². The van der Waals surface area contributed by atoms with Crippen LogP contribution in [0, 0.1) is 5.82 Å². The molecule has 5 heteroatoms. The Labute approximate surface area is 143 Å². The Kier molecular flexibility index (Phi) is 3.90. The zero-order chi connectivity index (χ0) is 17.2. The minimum absolute atomic E-state index is 0.201. The van der Waals surface area contributed by atoms with Crippen LogP contribution < -0.4 is 5.32 Å². The summed E-state index contributed by atoms with van der Waals surface area (Å²) in [6.45, 7) is 0. The molecule has 4 rings (SSSR count). The summed E-state index contributed by atoms with van der Waals surface area (Å²) >= 11 is 0. The Balaban J connectivity index is 1.50. The minimum Gasteiger partial charge on any atom is -0.353 e. The van der Waals surface area contributed by atoms with E-state index >= 15 is 0 Å². The molecule has 0 spiro atoms. The number of anilines is 1. The van der Waals surface area contributed by atoms with Gasteiger partial charge in [0.2, 0.25) is 5.91 Å². The molecule has 0 unspecified atom stereocenters. The van der Waals surface area contributed by atoms with Gasteiger partial charge < -0.3 is 10.3 Å². The molecule has 0 aliphatic rings. The molecule has 0 aliphatic heterocycles. The van der Waals surface area contributed by atoms with E-state index in [0.29, 0.717) is 6.42 Å². The first-order valence-electron chi connectivity index (χ1n) is 8.10. The van der Waals surface area contributed by atoms with Gasteiger partial charge in [-0.05, 0) is 30.7 Å². The molecule has 1 amide bonds. The second-order valence-electron chi connectivity index (χ2n) is 5.92. The third kappa shape index (κ3) is 3.08. The van der Waals surface area contributed by atoms with Crippen LogP contribution >= 0.6 is 0 Å². The SMILES string of the molecule is O=C(CCc1cc2c(cn1)[nH]c1ccccc12)Nc1ccccc1F. The first-order valence-corrected chi connectivity index (χ1v) is 8.10. The molecular weight excluding hydrogens is 317 g/mol. The number of nitrogens with one attached hydrogen (secondary N) is 2. The maximum absolute atomic E-state index is 13.6. The number of amides is 1. The number of H-pyrrole nitrogens is 1. The van der Waals surface area contributed by atoms with E-state index in [0.717, 1.165) is 27.5 Å². The molecule has 4 aromatic rings. The lowest BCUT2D eigenvalue weighted by Gasteiger charge is -2.06. The fourth-order valence-electron chi connectivity index (χ4n) is 2.95. The highest BCUT2D eigenvalue weighted by atomic mass is 19.1. The summed E-state index contributed by atoms with van der Waals surface area (Å²) in [6.07, 6.45) is 2.53. The van der Waals surface area contributed by atoms with Crippen molar-refractivity contribution in [2.45, 2.75) is 12.8 Å². The Morgan fingerprint density at radius 2 is 1.84 bits per heavy atom. The van der Waals surface area contributed by atoms with Gasteiger partial charge in [0.1, 0.15) is 5.82 Å². The summed E-state index contributed by atoms with van der Waals surface area (Å²) in [6, 6.07) is 16.2. The number of nitrogens with zero attached hydrogens (tertiary/aromatic N) is 1. The highest BCUT2D eigenvalue weighted by Gasteiger charge is 2.09. The van der Waals surface area contributed by atoms with Gasteiger partial charge in [-0.25, -0.2) is 4.39 Å². The van der Waals surface area contributed by atoms with Crippen LogP contribution in [-0.4, -0.2) is 15.9 Å². The number of para-hydroxylation sites is 2. The lowest BCUT2D eigenvalue weighted by atomic mass is 10.1. The molecule has 2 aromatic heterocycles. The van der Waals surface area contributed by atoms with Gasteiger partial charge in [0.25, 0.3) is 0 Å². The van der Waals surface area contributed by atoms with E-state index in [-0.39, 0.29) is 18.0 Å². The first-order chi connectivity index (χ1) is 12.2. The molecule has 0 radical (unpaired) electrons. The van der Waals surface area contributed by atoms with E-state index in [1.54, 1.807) is 24.4 Å². The van der Waals surface area contributed by atoms with Gasteiger partial charge in [-0.2, -0.15) is 0 Å². The van der Waals surface area contributed by atoms with Crippen molar-refractivity contribution in [3.8, 4) is 0 Å². The number of halogens is 1. The summed E-state index contributed by atoms with van der Waals surface area (Å²) in [5.41, 5.74) is 3.07. The number of carbonyl (C=O) groups excluding carboxylic acids is 1. The average molecular weight is 333 g/mol. The number of fused-ring (bicyclic) bond motifs is 3. The van der Waals surface area contributed by atoms with E-state index in [4.69, 9.17) is 0 Å². The van der Waals surface area contributed by atoms with Gasteiger partial charge in [-0.3, -0.25) is 9.78 Å². The molecule has 0 bridgehead atoms. The van der Waals surface area contributed by atoms with E-state index in [9.17, 15) is 9.18 Å². The van der Waals surface area contributed by atoms with Crippen LogP contribution in [-0.2, 0) is 11.2 Å². The number of carbonyl (C=O) groups is 1. The zero-order valence-corrected chi connectivity index (χ0v) is 13.4. The van der Waals surface area contributed by atoms with Crippen molar-refractivity contribution in [2.24, 2.45) is 0 Å². The van der Waals surface area contributed by atoms with Gasteiger partial charge in [-0.15, -0.1) is 0 Å². The largest absolute Gasteiger partial charge is 0.353 e. The monoisotopic (exact) mass is 333 g/mol. The summed E-state index contributed by atoms with van der Waals surface area (Å²) in [7, 11) is 0. The molecule has 2 N–H and O–H groups in total. The van der Waals surface area contributed by atoms with Gasteiger partial charge in [0.15, 0.2) is 0 Å². The maximum Gasteiger partial charge on any atom is 0.224 e. The smallest absolute Gasteiger partial charge is 0.224 e. The predicted molar refractivity (Wildman–Crippen MR) is 97.0 cm³/mol. The summed E-state index contributed by atoms with van der Waals surface area (Å²) in [5, 5.41) is 4.82. The fraction of sp³-hybridized carbons (Fsp3) is 0.100. The maximum atomic E-state index is 13.6. The number of aromatic nitrogens is 2. The highest BCUT2D eigenvalue weighted by molar-refractivity contribution is 6.07. The lowest BCUT2D eigenvalue weighted by Crippen LogP contribution is -2.13. The van der Waals surface area contributed by atoms with E-state index in [1.807, 2.05) is 24.3 Å². The zero-order valence-electron chi connectivity index (χ0n) is 13.4. The van der Waals surface area contributed by atoms with Crippen molar-refractivity contribution in [3.63, 3.8) is 0 Å². The second kappa shape index (κ2) is 6.36. The van der Waals surface area contributed by atoms with Crippen molar-refractivity contribution in [3.05, 3.63) is 72.3 Å². The molecule has 0 saturated heterocycles. The van der Waals surface area contributed by atoms with Crippen LogP contribution in [0.5, 0.6) is 0 Å². The Morgan fingerprint density at radius 3 is 2.72 bits per heavy atom. The standard InChI is InChI=1S/C20H16FN3O/c21-16-6-2-4-8-18(16)24-20(25)10-9-13-11-15-14-5-1-3-7-17(14)23-19(15)12-22-13/h1-8,11-12,23H,9-10H2,(H,24,25). The summed E-state index contributed by atoms with van der Waals surface area (Å²) < 4.78 is 13.6. The molecule has 0 aliphatic carbocycles. The molecule has 2 aromatic carbocycles. The van der Waals surface area contributed by atoms with Crippen molar-refractivity contribution in [2.75, 3.05) is 5.32 Å². The molecule has 0 fully saturated rings. The number of benzene rings is 2. The molecule has 0 saturated carbocycles. The number of aryl methyl sites for hydroxylation is 1. The van der Waals surface area contributed by atoms with Crippen molar-refractivity contribution >= 4 is 33.4 Å².